The molecule has 2 N–H and O–H groups in total. The van der Waals surface area contributed by atoms with Gasteiger partial charge < -0.3 is 20.1 Å². The summed E-state index contributed by atoms with van der Waals surface area (Å²) in [5, 5.41) is 5.21. The standard InChI is InChI=1S/C17H13Cl2F2N3O4/c1-2-10-16(26)23-12-7(3-4-11(14(12)27-10)28-17(20)21)15(25)24-13-8(18)5-22-6-9(13)19/h3-6,10,17H,2H2,1H3,(H,23,26)(H,22,24,25). The van der Waals surface area contributed by atoms with Crippen molar-refractivity contribution in [3.8, 4) is 11.5 Å². The molecule has 7 nitrogen and oxygen atoms in total. The van der Waals surface area contributed by atoms with Crippen LogP contribution in [0.2, 0.25) is 10.0 Å². The second kappa shape index (κ2) is 8.15. The summed E-state index contributed by atoms with van der Waals surface area (Å²) in [5.74, 6) is -1.68. The Morgan fingerprint density at radius 1 is 1.36 bits per heavy atom. The molecule has 0 fully saturated rings. The topological polar surface area (TPSA) is 89.6 Å². The average molecular weight is 432 g/mol. The minimum absolute atomic E-state index is 0.0523. The number of anilines is 2. The summed E-state index contributed by atoms with van der Waals surface area (Å²) in [6, 6.07) is 2.37. The molecule has 0 saturated carbocycles. The van der Waals surface area contributed by atoms with Crippen LogP contribution in [0.1, 0.15) is 23.7 Å². The lowest BCUT2D eigenvalue weighted by Gasteiger charge is -2.28. The Hall–Kier alpha value is -2.65. The van der Waals surface area contributed by atoms with Gasteiger partial charge in [-0.25, -0.2) is 0 Å². The molecule has 0 radical (unpaired) electrons. The molecule has 1 unspecified atom stereocenters. The summed E-state index contributed by atoms with van der Waals surface area (Å²) in [5.41, 5.74) is -0.0328. The predicted molar refractivity (Wildman–Crippen MR) is 98.6 cm³/mol. The van der Waals surface area contributed by atoms with Crippen molar-refractivity contribution in [2.24, 2.45) is 0 Å². The molecule has 3 rings (SSSR count). The number of aromatic nitrogens is 1. The Labute approximate surface area is 167 Å². The highest BCUT2D eigenvalue weighted by Crippen LogP contribution is 2.43. The maximum atomic E-state index is 12.7. The van der Waals surface area contributed by atoms with E-state index in [1.165, 1.54) is 18.5 Å². The van der Waals surface area contributed by atoms with E-state index in [1.807, 2.05) is 0 Å². The van der Waals surface area contributed by atoms with Gasteiger partial charge in [-0.05, 0) is 18.6 Å². The lowest BCUT2D eigenvalue weighted by molar-refractivity contribution is -0.123. The van der Waals surface area contributed by atoms with Crippen LogP contribution in [-0.4, -0.2) is 29.5 Å². The number of rotatable bonds is 5. The third-order valence-corrected chi connectivity index (χ3v) is 4.42. The number of alkyl halides is 2. The van der Waals surface area contributed by atoms with Crippen LogP contribution in [-0.2, 0) is 4.79 Å². The smallest absolute Gasteiger partial charge is 0.387 e. The van der Waals surface area contributed by atoms with E-state index in [0.717, 1.165) is 6.07 Å². The average Bonchev–Trinajstić information content (AvgIpc) is 2.64. The fraction of sp³-hybridized carbons (Fsp3) is 0.235. The molecule has 2 heterocycles. The van der Waals surface area contributed by atoms with Crippen molar-refractivity contribution in [2.75, 3.05) is 10.6 Å². The van der Waals surface area contributed by atoms with Crippen LogP contribution in [0.5, 0.6) is 11.5 Å². The van der Waals surface area contributed by atoms with Gasteiger partial charge in [-0.2, -0.15) is 8.78 Å². The number of nitrogens with one attached hydrogen (secondary N) is 2. The fourth-order valence-corrected chi connectivity index (χ4v) is 3.02. The van der Waals surface area contributed by atoms with Gasteiger partial charge in [0.2, 0.25) is 0 Å². The second-order valence-electron chi connectivity index (χ2n) is 5.63. The number of nitrogens with zero attached hydrogens (tertiary/aromatic N) is 1. The van der Waals surface area contributed by atoms with E-state index in [9.17, 15) is 18.4 Å². The summed E-state index contributed by atoms with van der Waals surface area (Å²) in [6.07, 6.45) is 1.96. The van der Waals surface area contributed by atoms with Crippen LogP contribution >= 0.6 is 23.2 Å². The number of carbonyl (C=O) groups is 2. The molecule has 28 heavy (non-hydrogen) atoms. The van der Waals surface area contributed by atoms with Crippen LogP contribution in [0.3, 0.4) is 0 Å². The molecule has 1 aliphatic heterocycles. The normalized spacial score (nSPS) is 15.5. The van der Waals surface area contributed by atoms with Gasteiger partial charge >= 0.3 is 6.61 Å². The molecule has 1 aromatic carbocycles. The van der Waals surface area contributed by atoms with E-state index >= 15 is 0 Å². The van der Waals surface area contributed by atoms with Gasteiger partial charge in [0.15, 0.2) is 17.6 Å². The highest BCUT2D eigenvalue weighted by Gasteiger charge is 2.33. The molecule has 0 saturated heterocycles. The Bertz CT molecular complexity index is 923. The Morgan fingerprint density at radius 3 is 2.64 bits per heavy atom. The summed E-state index contributed by atoms with van der Waals surface area (Å²) < 4.78 is 35.3. The number of halogens is 4. The highest BCUT2D eigenvalue weighted by atomic mass is 35.5. The summed E-state index contributed by atoms with van der Waals surface area (Å²) in [4.78, 5) is 28.7. The summed E-state index contributed by atoms with van der Waals surface area (Å²) in [7, 11) is 0. The zero-order valence-electron chi connectivity index (χ0n) is 14.3. The van der Waals surface area contributed by atoms with E-state index in [-0.39, 0.29) is 44.9 Å². The molecule has 2 amide bonds. The van der Waals surface area contributed by atoms with Gasteiger partial charge in [-0.15, -0.1) is 0 Å². The summed E-state index contributed by atoms with van der Waals surface area (Å²) in [6.45, 7) is -1.42. The van der Waals surface area contributed by atoms with Gasteiger partial charge in [0, 0.05) is 12.4 Å². The monoisotopic (exact) mass is 431 g/mol. The van der Waals surface area contributed by atoms with Crippen LogP contribution in [0.4, 0.5) is 20.2 Å². The second-order valence-corrected chi connectivity index (χ2v) is 6.44. The number of carbonyl (C=O) groups excluding carboxylic acids is 2. The van der Waals surface area contributed by atoms with Crippen LogP contribution in [0, 0.1) is 0 Å². The Kier molecular flexibility index (Phi) is 5.85. The molecule has 1 atom stereocenters. The molecule has 1 aromatic heterocycles. The molecule has 0 spiro atoms. The van der Waals surface area contributed by atoms with E-state index in [4.69, 9.17) is 27.9 Å². The number of fused-ring (bicyclic) bond motifs is 1. The quantitative estimate of drug-likeness (QED) is 0.734. The number of ether oxygens (including phenoxy) is 2. The van der Waals surface area contributed by atoms with Crippen molar-refractivity contribution in [1.82, 2.24) is 4.98 Å². The highest BCUT2D eigenvalue weighted by molar-refractivity contribution is 6.39. The molecule has 1 aliphatic rings. The Balaban J connectivity index is 2.02. The van der Waals surface area contributed by atoms with Crippen LogP contribution in [0.25, 0.3) is 0 Å². The maximum absolute atomic E-state index is 12.7. The first kappa shape index (κ1) is 20.1. The third kappa shape index (κ3) is 3.95. The van der Waals surface area contributed by atoms with Crippen molar-refractivity contribution >= 4 is 46.4 Å². The van der Waals surface area contributed by atoms with E-state index in [2.05, 4.69) is 20.4 Å². The maximum Gasteiger partial charge on any atom is 0.387 e. The molecule has 0 bridgehead atoms. The zero-order valence-corrected chi connectivity index (χ0v) is 15.8. The molecule has 0 aliphatic carbocycles. The fourth-order valence-electron chi connectivity index (χ4n) is 2.56. The molecular weight excluding hydrogens is 419 g/mol. The minimum atomic E-state index is -3.11. The van der Waals surface area contributed by atoms with Gasteiger partial charge in [-0.3, -0.25) is 14.6 Å². The largest absolute Gasteiger partial charge is 0.474 e. The first-order valence-corrected chi connectivity index (χ1v) is 8.77. The molecule has 2 aromatic rings. The van der Waals surface area contributed by atoms with E-state index in [1.54, 1.807) is 6.92 Å². The van der Waals surface area contributed by atoms with Crippen LogP contribution < -0.4 is 20.1 Å². The van der Waals surface area contributed by atoms with E-state index < -0.39 is 24.5 Å². The summed E-state index contributed by atoms with van der Waals surface area (Å²) >= 11 is 12.0. The van der Waals surface area contributed by atoms with Gasteiger partial charge in [0.1, 0.15) is 5.69 Å². The van der Waals surface area contributed by atoms with Gasteiger partial charge in [0.25, 0.3) is 11.8 Å². The van der Waals surface area contributed by atoms with Crippen molar-refractivity contribution in [3.05, 3.63) is 40.1 Å². The first-order chi connectivity index (χ1) is 13.3. The lowest BCUT2D eigenvalue weighted by Crippen LogP contribution is -2.37. The molecular formula is C17H13Cl2F2N3O4. The lowest BCUT2D eigenvalue weighted by atomic mass is 10.1. The molecule has 148 valence electrons. The third-order valence-electron chi connectivity index (χ3n) is 3.85. The van der Waals surface area contributed by atoms with Crippen molar-refractivity contribution in [2.45, 2.75) is 26.1 Å². The molecule has 11 heteroatoms. The Morgan fingerprint density at radius 2 is 2.04 bits per heavy atom. The number of benzene rings is 1. The van der Waals surface area contributed by atoms with Crippen molar-refractivity contribution < 1.29 is 27.8 Å². The first-order valence-electron chi connectivity index (χ1n) is 8.01. The van der Waals surface area contributed by atoms with Crippen molar-refractivity contribution in [3.63, 3.8) is 0 Å². The van der Waals surface area contributed by atoms with E-state index in [0.29, 0.717) is 0 Å². The number of hydrogen-bond acceptors (Lipinski definition) is 5. The predicted octanol–water partition coefficient (Wildman–Crippen LogP) is 4.35. The van der Waals surface area contributed by atoms with Crippen molar-refractivity contribution in [1.29, 1.82) is 0 Å². The number of amides is 2. The SMILES string of the molecule is CCC1Oc2c(OC(F)F)ccc(C(=O)Nc3c(Cl)cncc3Cl)c2NC1=O. The zero-order chi connectivity index (χ0) is 20.4. The number of hydrogen-bond donors (Lipinski definition) is 2. The van der Waals surface area contributed by atoms with Crippen LogP contribution in [0.15, 0.2) is 24.5 Å². The minimum Gasteiger partial charge on any atom is -0.474 e. The van der Waals surface area contributed by atoms with Gasteiger partial charge in [0.05, 0.1) is 21.3 Å². The number of pyridine rings is 1. The van der Waals surface area contributed by atoms with Gasteiger partial charge in [-0.1, -0.05) is 30.1 Å².